The van der Waals surface area contributed by atoms with Gasteiger partial charge in [0.25, 0.3) is 5.91 Å². The molecule has 1 rings (SSSR count). The molecule has 20 heavy (non-hydrogen) atoms. The monoisotopic (exact) mass is 278 g/mol. The molecule has 0 saturated carbocycles. The van der Waals surface area contributed by atoms with Crippen LogP contribution >= 0.6 is 0 Å². The van der Waals surface area contributed by atoms with Gasteiger partial charge in [0.2, 0.25) is 6.29 Å². The molecule has 2 N–H and O–H groups in total. The van der Waals surface area contributed by atoms with Gasteiger partial charge in [0.05, 0.1) is 12.2 Å². The van der Waals surface area contributed by atoms with E-state index in [0.717, 1.165) is 5.01 Å². The lowest BCUT2D eigenvalue weighted by atomic mass is 10.3. The Bertz CT molecular complexity index is 464. The number of nitrogens with one attached hydrogen (secondary N) is 2. The molecule has 107 valence electrons. The normalized spacial score (nSPS) is 11.3. The lowest BCUT2D eigenvalue weighted by Crippen LogP contribution is -2.53. The molecular formula is C13H16N3O4. The molecule has 0 fully saturated rings. The Labute approximate surface area is 116 Å². The second kappa shape index (κ2) is 7.90. The lowest BCUT2D eigenvalue weighted by Gasteiger charge is -2.24. The minimum Gasteiger partial charge on any atom is -0.372 e. The number of anilines is 1. The van der Waals surface area contributed by atoms with Crippen LogP contribution in [-0.2, 0) is 14.3 Å². The highest BCUT2D eigenvalue weighted by Gasteiger charge is 2.21. The number of hydrogen-bond acceptors (Lipinski definition) is 4. The van der Waals surface area contributed by atoms with Gasteiger partial charge in [-0.1, -0.05) is 18.2 Å². The Balaban J connectivity index is 2.87. The number of ether oxygens (including phenoxy) is 1. The summed E-state index contributed by atoms with van der Waals surface area (Å²) in [6, 6.07) is 7.85. The molecule has 0 aliphatic rings. The highest BCUT2D eigenvalue weighted by atomic mass is 16.5. The minimum atomic E-state index is -0.716. The molecule has 0 aliphatic carbocycles. The summed E-state index contributed by atoms with van der Waals surface area (Å²) >= 11 is 0. The molecule has 7 heteroatoms. The van der Waals surface area contributed by atoms with Crippen molar-refractivity contribution < 1.29 is 19.1 Å². The number of amides is 3. The van der Waals surface area contributed by atoms with E-state index in [2.05, 4.69) is 10.7 Å². The van der Waals surface area contributed by atoms with Gasteiger partial charge in [0.15, 0.2) is 0 Å². The molecule has 0 aliphatic heterocycles. The Hall–Kier alpha value is -2.41. The van der Waals surface area contributed by atoms with Crippen LogP contribution in [0.15, 0.2) is 30.3 Å². The summed E-state index contributed by atoms with van der Waals surface area (Å²) in [5, 5.41) is 3.31. The van der Waals surface area contributed by atoms with Crippen molar-refractivity contribution in [3.8, 4) is 0 Å². The van der Waals surface area contributed by atoms with Gasteiger partial charge in [-0.15, -0.1) is 0 Å². The standard InChI is InChI=1S/C13H16N3O4/c1-10(20-2)12(18)15-16(13(19)14-8-9-17)11-6-4-3-5-7-11/h3-7,10H,8H2,1-2H3,(H,14,19)(H,15,18). The van der Waals surface area contributed by atoms with Crippen LogP contribution in [0, 0.1) is 0 Å². The number of carbonyl (C=O) groups is 2. The van der Waals surface area contributed by atoms with Crippen molar-refractivity contribution in [2.75, 3.05) is 18.7 Å². The zero-order valence-corrected chi connectivity index (χ0v) is 11.3. The van der Waals surface area contributed by atoms with Crippen molar-refractivity contribution in [3.05, 3.63) is 30.3 Å². The maximum Gasteiger partial charge on any atom is 0.341 e. The van der Waals surface area contributed by atoms with E-state index in [1.54, 1.807) is 43.5 Å². The second-order valence-electron chi connectivity index (χ2n) is 3.83. The fraction of sp³-hybridized carbons (Fsp3) is 0.308. The van der Waals surface area contributed by atoms with Crippen LogP contribution in [0.3, 0.4) is 0 Å². The first-order chi connectivity index (χ1) is 9.60. The third-order valence-electron chi connectivity index (χ3n) is 2.47. The lowest BCUT2D eigenvalue weighted by molar-refractivity contribution is -0.130. The Morgan fingerprint density at radius 1 is 1.35 bits per heavy atom. The number of methoxy groups -OCH3 is 1. The van der Waals surface area contributed by atoms with Crippen molar-refractivity contribution in [2.45, 2.75) is 13.0 Å². The first kappa shape index (κ1) is 15.6. The van der Waals surface area contributed by atoms with Gasteiger partial charge < -0.3 is 10.1 Å². The number of hydrogen-bond donors (Lipinski definition) is 2. The van der Waals surface area contributed by atoms with Gasteiger partial charge in [-0.2, -0.15) is 0 Å². The number of carbonyl (C=O) groups excluding carboxylic acids is 3. The number of benzene rings is 1. The van der Waals surface area contributed by atoms with Gasteiger partial charge in [0, 0.05) is 7.11 Å². The molecule has 0 bridgehead atoms. The summed E-state index contributed by atoms with van der Waals surface area (Å²) in [5.74, 6) is -0.485. The van der Waals surface area contributed by atoms with E-state index in [9.17, 15) is 14.4 Å². The molecule has 1 aromatic rings. The molecule has 0 spiro atoms. The number of para-hydroxylation sites is 1. The van der Waals surface area contributed by atoms with E-state index in [-0.39, 0.29) is 6.54 Å². The number of urea groups is 1. The smallest absolute Gasteiger partial charge is 0.341 e. The maximum atomic E-state index is 11.9. The van der Waals surface area contributed by atoms with Crippen molar-refractivity contribution in [1.82, 2.24) is 10.7 Å². The Kier molecular flexibility index (Phi) is 6.18. The number of rotatable bonds is 5. The topological polar surface area (TPSA) is 87.7 Å². The summed E-state index contributed by atoms with van der Waals surface area (Å²) in [7, 11) is 1.39. The summed E-state index contributed by atoms with van der Waals surface area (Å²) < 4.78 is 4.88. The zero-order valence-electron chi connectivity index (χ0n) is 11.3. The van der Waals surface area contributed by atoms with E-state index >= 15 is 0 Å². The second-order valence-corrected chi connectivity index (χ2v) is 3.83. The molecule has 7 nitrogen and oxygen atoms in total. The molecule has 0 aromatic heterocycles. The molecule has 1 radical (unpaired) electrons. The van der Waals surface area contributed by atoms with E-state index in [1.807, 2.05) is 0 Å². The van der Waals surface area contributed by atoms with Crippen LogP contribution in [0.5, 0.6) is 0 Å². The molecular weight excluding hydrogens is 262 g/mol. The Morgan fingerprint density at radius 2 is 2.00 bits per heavy atom. The summed E-state index contributed by atoms with van der Waals surface area (Å²) in [4.78, 5) is 33.9. The quantitative estimate of drug-likeness (QED) is 0.762. The Morgan fingerprint density at radius 3 is 2.55 bits per heavy atom. The average molecular weight is 278 g/mol. The summed E-state index contributed by atoms with van der Waals surface area (Å²) in [5.41, 5.74) is 2.87. The third kappa shape index (κ3) is 4.36. The van der Waals surface area contributed by atoms with Crippen LogP contribution in [0.1, 0.15) is 6.92 Å². The van der Waals surface area contributed by atoms with Gasteiger partial charge in [-0.05, 0) is 19.1 Å². The number of hydrazine groups is 1. The van der Waals surface area contributed by atoms with Crippen LogP contribution < -0.4 is 15.8 Å². The minimum absolute atomic E-state index is 0.266. The van der Waals surface area contributed by atoms with Crippen molar-refractivity contribution in [1.29, 1.82) is 0 Å². The van der Waals surface area contributed by atoms with E-state index in [1.165, 1.54) is 7.11 Å². The largest absolute Gasteiger partial charge is 0.372 e. The van der Waals surface area contributed by atoms with Gasteiger partial charge in [-0.25, -0.2) is 9.80 Å². The zero-order chi connectivity index (χ0) is 15.0. The third-order valence-corrected chi connectivity index (χ3v) is 2.47. The predicted octanol–water partition coefficient (Wildman–Crippen LogP) is 0.378. The molecule has 1 aromatic carbocycles. The SMILES string of the molecule is COC(C)C(=O)NN(C(=O)NC[C]=O)c1ccccc1. The average Bonchev–Trinajstić information content (AvgIpc) is 2.49. The van der Waals surface area contributed by atoms with Crippen LogP contribution in [0.2, 0.25) is 0 Å². The van der Waals surface area contributed by atoms with E-state index < -0.39 is 18.0 Å². The molecule has 1 unspecified atom stereocenters. The predicted molar refractivity (Wildman–Crippen MR) is 72.6 cm³/mol. The van der Waals surface area contributed by atoms with Crippen LogP contribution in [0.25, 0.3) is 0 Å². The van der Waals surface area contributed by atoms with Gasteiger partial charge >= 0.3 is 6.03 Å². The van der Waals surface area contributed by atoms with Gasteiger partial charge in [-0.3, -0.25) is 15.0 Å². The van der Waals surface area contributed by atoms with Crippen molar-refractivity contribution in [3.63, 3.8) is 0 Å². The van der Waals surface area contributed by atoms with Gasteiger partial charge in [0.1, 0.15) is 6.10 Å². The first-order valence-corrected chi connectivity index (χ1v) is 5.91. The van der Waals surface area contributed by atoms with E-state index in [4.69, 9.17) is 4.74 Å². The highest BCUT2D eigenvalue weighted by molar-refractivity contribution is 5.96. The molecule has 0 heterocycles. The molecule has 0 saturated heterocycles. The first-order valence-electron chi connectivity index (χ1n) is 5.91. The molecule has 1 atom stereocenters. The summed E-state index contributed by atoms with van der Waals surface area (Å²) in [6.07, 6.45) is 0.830. The van der Waals surface area contributed by atoms with Crippen molar-refractivity contribution >= 4 is 23.9 Å². The fourth-order valence-corrected chi connectivity index (χ4v) is 1.31. The maximum absolute atomic E-state index is 11.9. The van der Waals surface area contributed by atoms with Crippen LogP contribution in [0.4, 0.5) is 10.5 Å². The fourth-order valence-electron chi connectivity index (χ4n) is 1.31. The van der Waals surface area contributed by atoms with Crippen molar-refractivity contribution in [2.24, 2.45) is 0 Å². The summed E-state index contributed by atoms with van der Waals surface area (Å²) in [6.45, 7) is 1.29. The number of nitrogens with zero attached hydrogens (tertiary/aromatic N) is 1. The highest BCUT2D eigenvalue weighted by Crippen LogP contribution is 2.11. The van der Waals surface area contributed by atoms with Crippen LogP contribution in [-0.4, -0.2) is 38.0 Å². The van der Waals surface area contributed by atoms with E-state index in [0.29, 0.717) is 5.69 Å². The molecule has 3 amide bonds.